The van der Waals surface area contributed by atoms with E-state index in [1.165, 1.54) is 17.6 Å². The van der Waals surface area contributed by atoms with Crippen LogP contribution >= 0.6 is 11.3 Å². The second-order valence-electron chi connectivity index (χ2n) is 7.37. The number of carbonyl (C=O) groups is 2. The van der Waals surface area contributed by atoms with Crippen molar-refractivity contribution in [2.75, 3.05) is 7.11 Å². The molecule has 0 aliphatic heterocycles. The number of thiophene rings is 1. The smallest absolute Gasteiger partial charge is 0.339 e. The van der Waals surface area contributed by atoms with Crippen LogP contribution in [0.1, 0.15) is 61.1 Å². The Morgan fingerprint density at radius 3 is 2.38 bits per heavy atom. The van der Waals surface area contributed by atoms with Crippen molar-refractivity contribution in [1.29, 1.82) is 0 Å². The number of ketones is 1. The van der Waals surface area contributed by atoms with Crippen LogP contribution in [0.2, 0.25) is 0 Å². The van der Waals surface area contributed by atoms with Crippen LogP contribution in [0.25, 0.3) is 0 Å². The third-order valence-corrected chi connectivity index (χ3v) is 6.21. The minimum Gasteiger partial charge on any atom is -0.465 e. The molecule has 0 amide bonds. The van der Waals surface area contributed by atoms with Crippen LogP contribution in [0.15, 0.2) is 41.8 Å². The van der Waals surface area contributed by atoms with Crippen molar-refractivity contribution in [3.8, 4) is 0 Å². The highest BCUT2D eigenvalue weighted by atomic mass is 32.1. The first-order valence-corrected chi connectivity index (χ1v) is 10.5. The summed E-state index contributed by atoms with van der Waals surface area (Å²) in [6.07, 6.45) is 0. The average molecular weight is 412 g/mol. The zero-order chi connectivity index (χ0) is 21.1. The number of rotatable bonds is 7. The van der Waals surface area contributed by atoms with E-state index in [1.807, 2.05) is 13.0 Å². The summed E-state index contributed by atoms with van der Waals surface area (Å²) in [5.41, 5.74) is 4.57. The van der Waals surface area contributed by atoms with E-state index in [4.69, 9.17) is 4.74 Å². The van der Waals surface area contributed by atoms with E-state index in [-0.39, 0.29) is 17.9 Å². The second-order valence-corrected chi connectivity index (χ2v) is 8.35. The van der Waals surface area contributed by atoms with Gasteiger partial charge in [-0.3, -0.25) is 4.79 Å². The molecule has 5 nitrogen and oxygen atoms in total. The van der Waals surface area contributed by atoms with Gasteiger partial charge in [0.05, 0.1) is 23.2 Å². The number of aryl methyl sites for hydroxylation is 2. The van der Waals surface area contributed by atoms with Crippen LogP contribution in [-0.4, -0.2) is 29.9 Å². The van der Waals surface area contributed by atoms with Gasteiger partial charge in [0.25, 0.3) is 0 Å². The van der Waals surface area contributed by atoms with Gasteiger partial charge >= 0.3 is 5.97 Å². The van der Waals surface area contributed by atoms with Crippen LogP contribution < -0.4 is 5.32 Å². The van der Waals surface area contributed by atoms with Crippen LogP contribution in [0, 0.1) is 20.8 Å². The number of hydrogen-bond donors (Lipinski definition) is 2. The number of aromatic amines is 1. The summed E-state index contributed by atoms with van der Waals surface area (Å²) in [5, 5.41) is 4.14. The fourth-order valence-electron chi connectivity index (χ4n) is 3.62. The van der Waals surface area contributed by atoms with Crippen molar-refractivity contribution in [3.63, 3.8) is 0 Å². The molecule has 0 saturated carbocycles. The Kier molecular flexibility index (Phi) is 6.35. The first-order chi connectivity index (χ1) is 13.8. The number of aromatic nitrogens is 1. The SMILES string of the molecule is COC(=O)c1c(C)[nH]c(C(=O)[C@@H](C)[NH2+][C@@H](c2ccc(C)cc2)c2cccs2)c1C. The van der Waals surface area contributed by atoms with Gasteiger partial charge < -0.3 is 15.0 Å². The van der Waals surface area contributed by atoms with Gasteiger partial charge in [-0.1, -0.05) is 35.9 Å². The number of benzene rings is 1. The van der Waals surface area contributed by atoms with Crippen LogP contribution in [0.4, 0.5) is 0 Å². The number of Topliss-reactive ketones (excluding diaryl/α,β-unsaturated/α-hetero) is 1. The molecule has 2 aromatic heterocycles. The molecule has 3 aromatic rings. The zero-order valence-electron chi connectivity index (χ0n) is 17.4. The summed E-state index contributed by atoms with van der Waals surface area (Å²) in [4.78, 5) is 29.6. The van der Waals surface area contributed by atoms with Crippen molar-refractivity contribution in [2.45, 2.75) is 39.8 Å². The van der Waals surface area contributed by atoms with Gasteiger partial charge in [0, 0.05) is 11.3 Å². The monoisotopic (exact) mass is 411 g/mol. The van der Waals surface area contributed by atoms with E-state index in [9.17, 15) is 9.59 Å². The third-order valence-electron chi connectivity index (χ3n) is 5.25. The van der Waals surface area contributed by atoms with Crippen LogP contribution in [-0.2, 0) is 4.74 Å². The Bertz CT molecular complexity index is 1000. The van der Waals surface area contributed by atoms with Crippen LogP contribution in [0.3, 0.4) is 0 Å². The van der Waals surface area contributed by atoms with Crippen molar-refractivity contribution in [2.24, 2.45) is 0 Å². The topological polar surface area (TPSA) is 75.8 Å². The van der Waals surface area contributed by atoms with Gasteiger partial charge in [-0.05, 0) is 44.7 Å². The largest absolute Gasteiger partial charge is 0.465 e. The highest BCUT2D eigenvalue weighted by Crippen LogP contribution is 2.24. The van der Waals surface area contributed by atoms with Gasteiger partial charge in [-0.2, -0.15) is 0 Å². The molecule has 1 aromatic carbocycles. The molecule has 3 rings (SSSR count). The first-order valence-electron chi connectivity index (χ1n) is 9.60. The molecule has 29 heavy (non-hydrogen) atoms. The predicted octanol–water partition coefficient (Wildman–Crippen LogP) is 3.71. The minimum atomic E-state index is -0.428. The zero-order valence-corrected chi connectivity index (χ0v) is 18.2. The Hall–Kier alpha value is -2.70. The van der Waals surface area contributed by atoms with E-state index < -0.39 is 5.97 Å². The lowest BCUT2D eigenvalue weighted by atomic mass is 10.0. The Labute approximate surface area is 175 Å². The highest BCUT2D eigenvalue weighted by Gasteiger charge is 2.30. The maximum Gasteiger partial charge on any atom is 0.339 e. The van der Waals surface area contributed by atoms with E-state index in [0.29, 0.717) is 22.5 Å². The number of hydrogen-bond acceptors (Lipinski definition) is 4. The molecule has 0 aliphatic carbocycles. The molecule has 0 radical (unpaired) electrons. The summed E-state index contributed by atoms with van der Waals surface area (Å²) in [7, 11) is 1.35. The third kappa shape index (κ3) is 4.33. The Morgan fingerprint density at radius 1 is 1.10 bits per heavy atom. The number of carbonyl (C=O) groups excluding carboxylic acids is 2. The summed E-state index contributed by atoms with van der Waals surface area (Å²) >= 11 is 1.68. The number of ether oxygens (including phenoxy) is 1. The van der Waals surface area contributed by atoms with E-state index in [1.54, 1.807) is 25.2 Å². The molecule has 0 fully saturated rings. The fraction of sp³-hybridized carbons (Fsp3) is 0.304. The highest BCUT2D eigenvalue weighted by molar-refractivity contribution is 7.10. The summed E-state index contributed by atoms with van der Waals surface area (Å²) in [5.74, 6) is -0.461. The summed E-state index contributed by atoms with van der Waals surface area (Å²) in [6, 6.07) is 12.3. The maximum atomic E-state index is 13.2. The Balaban J connectivity index is 1.89. The predicted molar refractivity (Wildman–Crippen MR) is 115 cm³/mol. The molecule has 0 spiro atoms. The quantitative estimate of drug-likeness (QED) is 0.460. The van der Waals surface area contributed by atoms with E-state index >= 15 is 0 Å². The van der Waals surface area contributed by atoms with E-state index in [0.717, 1.165) is 5.56 Å². The number of methoxy groups -OCH3 is 1. The van der Waals surface area contributed by atoms with Crippen molar-refractivity contribution in [3.05, 3.63) is 80.3 Å². The lowest BCUT2D eigenvalue weighted by Gasteiger charge is -2.19. The lowest BCUT2D eigenvalue weighted by Crippen LogP contribution is -2.92. The molecule has 152 valence electrons. The van der Waals surface area contributed by atoms with Gasteiger partial charge in [-0.25, -0.2) is 4.79 Å². The molecular formula is C23H27N2O3S+. The number of H-pyrrole nitrogens is 1. The van der Waals surface area contributed by atoms with E-state index in [2.05, 4.69) is 52.9 Å². The fourth-order valence-corrected chi connectivity index (χ4v) is 4.45. The standard InChI is InChI=1S/C23H26N2O3S/c1-13-8-10-17(11-9-13)21(18-7-6-12-29-18)25-16(4)22(26)20-14(2)19(15(3)24-20)23(27)28-5/h6-12,16,21,24-25H,1-5H3/p+1/t16-,21+/m1/s1. The molecular weight excluding hydrogens is 384 g/mol. The molecule has 2 atom stereocenters. The second kappa shape index (κ2) is 8.76. The maximum absolute atomic E-state index is 13.2. The molecule has 0 aliphatic rings. The minimum absolute atomic E-state index is 0.0329. The number of quaternary nitrogens is 1. The molecule has 6 heteroatoms. The summed E-state index contributed by atoms with van der Waals surface area (Å²) in [6.45, 7) is 7.54. The van der Waals surface area contributed by atoms with Gasteiger partial charge in [0.2, 0.25) is 5.78 Å². The van der Waals surface area contributed by atoms with Gasteiger partial charge in [-0.15, -0.1) is 11.3 Å². The van der Waals surface area contributed by atoms with Gasteiger partial charge in [0.1, 0.15) is 12.1 Å². The normalized spacial score (nSPS) is 13.1. The van der Waals surface area contributed by atoms with Crippen molar-refractivity contribution < 1.29 is 19.6 Å². The van der Waals surface area contributed by atoms with Crippen molar-refractivity contribution in [1.82, 2.24) is 4.98 Å². The molecule has 0 unspecified atom stereocenters. The molecule has 0 saturated heterocycles. The molecule has 3 N–H and O–H groups in total. The lowest BCUT2D eigenvalue weighted by molar-refractivity contribution is -0.703. The number of esters is 1. The molecule has 2 heterocycles. The molecule has 0 bridgehead atoms. The summed E-state index contributed by atoms with van der Waals surface area (Å²) < 4.78 is 4.86. The number of nitrogens with one attached hydrogen (secondary N) is 1. The first kappa shape index (κ1) is 21.0. The van der Waals surface area contributed by atoms with Crippen LogP contribution in [0.5, 0.6) is 0 Å². The van der Waals surface area contributed by atoms with Gasteiger partial charge in [0.15, 0.2) is 0 Å². The number of nitrogens with two attached hydrogens (primary N) is 1. The average Bonchev–Trinajstić information content (AvgIpc) is 3.34. The van der Waals surface area contributed by atoms with Crippen molar-refractivity contribution >= 4 is 23.1 Å². The Morgan fingerprint density at radius 2 is 1.79 bits per heavy atom.